The minimum atomic E-state index is -3.72. The van der Waals surface area contributed by atoms with Gasteiger partial charge in [0.25, 0.3) is 0 Å². The molecule has 1 aromatic heterocycles. The smallest absolute Gasteiger partial charge is 0.240 e. The standard InChI is InChI=1S/C19H26FN5O2S/c1-13-21-18(12-19(22-13)25(2)3)23-15-7-9-16(10-8-15)24-28(26,27)17-6-4-5-14(20)11-17/h4-6,11-12,15-16,24H,7-10H2,1-3H3,(H,21,22,23). The summed E-state index contributed by atoms with van der Waals surface area (Å²) in [4.78, 5) is 10.7. The van der Waals surface area contributed by atoms with Crippen molar-refractivity contribution in [2.24, 2.45) is 0 Å². The van der Waals surface area contributed by atoms with Gasteiger partial charge in [-0.25, -0.2) is 27.5 Å². The third-order valence-electron chi connectivity index (χ3n) is 4.79. The van der Waals surface area contributed by atoms with Gasteiger partial charge in [0.15, 0.2) is 0 Å². The molecule has 0 amide bonds. The summed E-state index contributed by atoms with van der Waals surface area (Å²) >= 11 is 0. The number of benzene rings is 1. The Balaban J connectivity index is 1.58. The molecule has 1 heterocycles. The van der Waals surface area contributed by atoms with Gasteiger partial charge in [-0.3, -0.25) is 0 Å². The van der Waals surface area contributed by atoms with E-state index >= 15 is 0 Å². The highest BCUT2D eigenvalue weighted by molar-refractivity contribution is 7.89. The van der Waals surface area contributed by atoms with E-state index in [-0.39, 0.29) is 17.0 Å². The van der Waals surface area contributed by atoms with Crippen molar-refractivity contribution >= 4 is 21.7 Å². The molecule has 2 aromatic rings. The predicted molar refractivity (Wildman–Crippen MR) is 107 cm³/mol. The molecule has 2 N–H and O–H groups in total. The number of nitrogens with zero attached hydrogens (tertiary/aromatic N) is 3. The molecule has 3 rings (SSSR count). The molecule has 1 saturated carbocycles. The van der Waals surface area contributed by atoms with Crippen LogP contribution in [0.15, 0.2) is 35.2 Å². The summed E-state index contributed by atoms with van der Waals surface area (Å²) in [6.07, 6.45) is 3.04. The Hall–Kier alpha value is -2.26. The van der Waals surface area contributed by atoms with Gasteiger partial charge in [-0.15, -0.1) is 0 Å². The van der Waals surface area contributed by atoms with Crippen molar-refractivity contribution in [2.45, 2.75) is 49.6 Å². The summed E-state index contributed by atoms with van der Waals surface area (Å²) in [7, 11) is 0.148. The maximum absolute atomic E-state index is 13.3. The topological polar surface area (TPSA) is 87.2 Å². The minimum absolute atomic E-state index is 0.0413. The second kappa shape index (κ2) is 8.40. The van der Waals surface area contributed by atoms with Crippen LogP contribution in [0.1, 0.15) is 31.5 Å². The van der Waals surface area contributed by atoms with E-state index in [0.717, 1.165) is 30.5 Å². The van der Waals surface area contributed by atoms with Crippen LogP contribution < -0.4 is 14.9 Å². The van der Waals surface area contributed by atoms with Gasteiger partial charge in [-0.2, -0.15) is 0 Å². The Bertz CT molecular complexity index is 928. The molecule has 28 heavy (non-hydrogen) atoms. The van der Waals surface area contributed by atoms with E-state index < -0.39 is 15.8 Å². The molecule has 0 radical (unpaired) electrons. The zero-order chi connectivity index (χ0) is 20.3. The first-order valence-electron chi connectivity index (χ1n) is 9.30. The van der Waals surface area contributed by atoms with Crippen molar-refractivity contribution in [3.8, 4) is 0 Å². The zero-order valence-corrected chi connectivity index (χ0v) is 17.1. The van der Waals surface area contributed by atoms with Crippen LogP contribution in [0.4, 0.5) is 16.0 Å². The van der Waals surface area contributed by atoms with Gasteiger partial charge in [-0.1, -0.05) is 6.07 Å². The number of sulfonamides is 1. The maximum Gasteiger partial charge on any atom is 0.240 e. The molecule has 0 aliphatic heterocycles. The van der Waals surface area contributed by atoms with Crippen molar-refractivity contribution < 1.29 is 12.8 Å². The van der Waals surface area contributed by atoms with Crippen molar-refractivity contribution in [1.82, 2.24) is 14.7 Å². The van der Waals surface area contributed by atoms with E-state index in [1.165, 1.54) is 18.2 Å². The van der Waals surface area contributed by atoms with E-state index in [1.807, 2.05) is 32.0 Å². The number of nitrogens with one attached hydrogen (secondary N) is 2. The number of hydrogen-bond donors (Lipinski definition) is 2. The first-order chi connectivity index (χ1) is 13.2. The van der Waals surface area contributed by atoms with E-state index in [4.69, 9.17) is 0 Å². The number of hydrogen-bond acceptors (Lipinski definition) is 6. The highest BCUT2D eigenvalue weighted by Gasteiger charge is 2.26. The van der Waals surface area contributed by atoms with Crippen LogP contribution in [0.3, 0.4) is 0 Å². The summed E-state index contributed by atoms with van der Waals surface area (Å²) in [5.74, 6) is 1.75. The number of halogens is 1. The molecule has 0 unspecified atom stereocenters. The molecule has 0 spiro atoms. The lowest BCUT2D eigenvalue weighted by atomic mass is 9.92. The van der Waals surface area contributed by atoms with Crippen molar-refractivity contribution in [3.05, 3.63) is 42.0 Å². The Morgan fingerprint density at radius 1 is 1.07 bits per heavy atom. The van der Waals surface area contributed by atoms with Crippen LogP contribution in [0.25, 0.3) is 0 Å². The van der Waals surface area contributed by atoms with E-state index in [1.54, 1.807) is 0 Å². The molecular weight excluding hydrogens is 381 g/mol. The van der Waals surface area contributed by atoms with Gasteiger partial charge in [0.1, 0.15) is 23.3 Å². The van der Waals surface area contributed by atoms with E-state index in [0.29, 0.717) is 18.7 Å². The molecule has 152 valence electrons. The van der Waals surface area contributed by atoms with Gasteiger partial charge < -0.3 is 10.2 Å². The van der Waals surface area contributed by atoms with Crippen molar-refractivity contribution in [1.29, 1.82) is 0 Å². The predicted octanol–water partition coefficient (Wildman–Crippen LogP) is 2.69. The normalized spacial score (nSPS) is 20.0. The summed E-state index contributed by atoms with van der Waals surface area (Å²) in [5.41, 5.74) is 0. The lowest BCUT2D eigenvalue weighted by Crippen LogP contribution is -2.40. The first kappa shape index (κ1) is 20.5. The third kappa shape index (κ3) is 5.17. The van der Waals surface area contributed by atoms with Crippen molar-refractivity contribution in [2.75, 3.05) is 24.3 Å². The summed E-state index contributed by atoms with van der Waals surface area (Å²) in [6, 6.07) is 7.04. The van der Waals surface area contributed by atoms with Crippen LogP contribution >= 0.6 is 0 Å². The fraction of sp³-hybridized carbons (Fsp3) is 0.474. The molecule has 1 aliphatic rings. The lowest BCUT2D eigenvalue weighted by Gasteiger charge is -2.30. The second-order valence-corrected chi connectivity index (χ2v) is 9.04. The number of aryl methyl sites for hydroxylation is 1. The number of anilines is 2. The molecule has 0 atom stereocenters. The van der Waals surface area contributed by atoms with E-state index in [2.05, 4.69) is 20.0 Å². The quantitative estimate of drug-likeness (QED) is 0.766. The summed E-state index contributed by atoms with van der Waals surface area (Å²) < 4.78 is 40.9. The van der Waals surface area contributed by atoms with Crippen LogP contribution in [-0.4, -0.2) is 44.6 Å². The minimum Gasteiger partial charge on any atom is -0.367 e. The highest BCUT2D eigenvalue weighted by Crippen LogP contribution is 2.24. The average Bonchev–Trinajstić information content (AvgIpc) is 2.62. The Morgan fingerprint density at radius 2 is 1.75 bits per heavy atom. The Kier molecular flexibility index (Phi) is 6.14. The van der Waals surface area contributed by atoms with Gasteiger partial charge >= 0.3 is 0 Å². The van der Waals surface area contributed by atoms with Crippen LogP contribution in [-0.2, 0) is 10.0 Å². The SMILES string of the molecule is Cc1nc(NC2CCC(NS(=O)(=O)c3cccc(F)c3)CC2)cc(N(C)C)n1. The summed E-state index contributed by atoms with van der Waals surface area (Å²) in [5, 5.41) is 3.43. The van der Waals surface area contributed by atoms with Crippen molar-refractivity contribution in [3.63, 3.8) is 0 Å². The lowest BCUT2D eigenvalue weighted by molar-refractivity contribution is 0.387. The molecule has 9 heteroatoms. The number of rotatable bonds is 6. The van der Waals surface area contributed by atoms with Gasteiger partial charge in [0.2, 0.25) is 10.0 Å². The van der Waals surface area contributed by atoms with Crippen LogP contribution in [0, 0.1) is 12.7 Å². The maximum atomic E-state index is 13.3. The number of aromatic nitrogens is 2. The second-order valence-electron chi connectivity index (χ2n) is 7.32. The largest absolute Gasteiger partial charge is 0.367 e. The molecule has 1 aromatic carbocycles. The third-order valence-corrected chi connectivity index (χ3v) is 6.31. The van der Waals surface area contributed by atoms with Gasteiger partial charge in [-0.05, 0) is 50.8 Å². The average molecular weight is 408 g/mol. The molecule has 1 aliphatic carbocycles. The van der Waals surface area contributed by atoms with Crippen LogP contribution in [0.2, 0.25) is 0 Å². The first-order valence-corrected chi connectivity index (χ1v) is 10.8. The van der Waals surface area contributed by atoms with E-state index in [9.17, 15) is 12.8 Å². The van der Waals surface area contributed by atoms with Gasteiger partial charge in [0, 0.05) is 32.2 Å². The fourth-order valence-corrected chi connectivity index (χ4v) is 4.68. The summed E-state index contributed by atoms with van der Waals surface area (Å²) in [6.45, 7) is 1.86. The van der Waals surface area contributed by atoms with Gasteiger partial charge in [0.05, 0.1) is 4.90 Å². The molecule has 0 bridgehead atoms. The highest BCUT2D eigenvalue weighted by atomic mass is 32.2. The zero-order valence-electron chi connectivity index (χ0n) is 16.3. The molecule has 1 fully saturated rings. The Morgan fingerprint density at radius 3 is 2.39 bits per heavy atom. The fourth-order valence-electron chi connectivity index (χ4n) is 3.34. The molecule has 7 nitrogen and oxygen atoms in total. The Labute approximate surface area is 165 Å². The molecule has 0 saturated heterocycles. The van der Waals surface area contributed by atoms with Crippen LogP contribution in [0.5, 0.6) is 0 Å². The molecular formula is C19H26FN5O2S. The monoisotopic (exact) mass is 407 g/mol.